The molecule has 4 heteroatoms. The van der Waals surface area contributed by atoms with Crippen LogP contribution < -0.4 is 0 Å². The van der Waals surface area contributed by atoms with Crippen LogP contribution in [0.15, 0.2) is 12.2 Å². The van der Waals surface area contributed by atoms with Gasteiger partial charge in [0.2, 0.25) is 0 Å². The van der Waals surface area contributed by atoms with Gasteiger partial charge in [0, 0.05) is 24.7 Å². The van der Waals surface area contributed by atoms with Gasteiger partial charge in [0.05, 0.1) is 13.2 Å². The van der Waals surface area contributed by atoms with Gasteiger partial charge in [-0.25, -0.2) is 0 Å². The Morgan fingerprint density at radius 2 is 1.08 bits per heavy atom. The van der Waals surface area contributed by atoms with Crippen molar-refractivity contribution in [2.45, 2.75) is 38.5 Å². The number of cyclic esters (lactones) is 2. The van der Waals surface area contributed by atoms with E-state index in [1.54, 1.807) is 0 Å². The maximum atomic E-state index is 11.9. The fourth-order valence-electron chi connectivity index (χ4n) is 6.58. The molecule has 0 aromatic heterocycles. The maximum absolute atomic E-state index is 11.9. The SMILES string of the molecule is O=C1CC/C=C\CCC(=O)OCC2C(CO1)C1C3C4CCC4C3C21. The zero-order chi connectivity index (χ0) is 16.3. The average Bonchev–Trinajstić information content (AvgIpc) is 2.53. The van der Waals surface area contributed by atoms with Gasteiger partial charge < -0.3 is 9.47 Å². The third-order valence-electron chi connectivity index (χ3n) is 7.76. The van der Waals surface area contributed by atoms with E-state index in [0.29, 0.717) is 50.7 Å². The summed E-state index contributed by atoms with van der Waals surface area (Å²) in [5.41, 5.74) is 0. The largest absolute Gasteiger partial charge is 0.465 e. The fraction of sp³-hybridized carbons (Fsp3) is 0.800. The molecular weight excluding hydrogens is 304 g/mol. The summed E-state index contributed by atoms with van der Waals surface area (Å²) < 4.78 is 11.1. The van der Waals surface area contributed by atoms with E-state index in [1.807, 2.05) is 12.2 Å². The molecule has 4 aliphatic carbocycles. The topological polar surface area (TPSA) is 52.6 Å². The summed E-state index contributed by atoms with van der Waals surface area (Å²) in [4.78, 5) is 23.9. The van der Waals surface area contributed by atoms with Gasteiger partial charge in [-0.3, -0.25) is 9.59 Å². The second-order valence-electron chi connectivity index (χ2n) is 8.46. The molecule has 0 radical (unpaired) electrons. The Hall–Kier alpha value is -1.32. The summed E-state index contributed by atoms with van der Waals surface area (Å²) in [6, 6.07) is 0. The monoisotopic (exact) mass is 330 g/mol. The van der Waals surface area contributed by atoms with Crippen molar-refractivity contribution in [3.63, 3.8) is 0 Å². The molecule has 5 aliphatic rings. The second kappa shape index (κ2) is 5.60. The molecule has 8 unspecified atom stereocenters. The van der Waals surface area contributed by atoms with E-state index in [9.17, 15) is 9.59 Å². The van der Waals surface area contributed by atoms with Crippen LogP contribution in [0.4, 0.5) is 0 Å². The van der Waals surface area contributed by atoms with Crippen LogP contribution in [-0.2, 0) is 19.1 Å². The molecule has 130 valence electrons. The van der Waals surface area contributed by atoms with Crippen molar-refractivity contribution in [3.05, 3.63) is 12.2 Å². The van der Waals surface area contributed by atoms with E-state index in [1.165, 1.54) is 12.8 Å². The molecule has 8 atom stereocenters. The zero-order valence-corrected chi connectivity index (χ0v) is 14.1. The Labute approximate surface area is 143 Å². The highest BCUT2D eigenvalue weighted by Gasteiger charge is 2.76. The van der Waals surface area contributed by atoms with Crippen molar-refractivity contribution >= 4 is 11.9 Å². The summed E-state index contributed by atoms with van der Waals surface area (Å²) in [6.07, 6.45) is 9.03. The molecule has 24 heavy (non-hydrogen) atoms. The van der Waals surface area contributed by atoms with Crippen LogP contribution in [0.5, 0.6) is 0 Å². The first-order chi connectivity index (χ1) is 11.8. The number of hydrogen-bond acceptors (Lipinski definition) is 4. The first kappa shape index (κ1) is 15.0. The van der Waals surface area contributed by atoms with Crippen LogP contribution in [0.2, 0.25) is 0 Å². The van der Waals surface area contributed by atoms with Crippen molar-refractivity contribution in [3.8, 4) is 0 Å². The molecule has 4 fully saturated rings. The molecule has 0 saturated heterocycles. The van der Waals surface area contributed by atoms with Gasteiger partial charge in [0.1, 0.15) is 0 Å². The average molecular weight is 330 g/mol. The zero-order valence-electron chi connectivity index (χ0n) is 14.1. The van der Waals surface area contributed by atoms with Crippen LogP contribution in [-0.4, -0.2) is 25.2 Å². The molecule has 5 rings (SSSR count). The number of carbonyl (C=O) groups is 2. The lowest BCUT2D eigenvalue weighted by atomic mass is 9.24. The lowest BCUT2D eigenvalue weighted by Crippen LogP contribution is -2.78. The predicted molar refractivity (Wildman–Crippen MR) is 86.7 cm³/mol. The quantitative estimate of drug-likeness (QED) is 0.389. The highest BCUT2D eigenvalue weighted by Crippen LogP contribution is 2.79. The molecule has 0 amide bonds. The molecule has 0 bridgehead atoms. The van der Waals surface area contributed by atoms with Gasteiger partial charge in [0.25, 0.3) is 0 Å². The van der Waals surface area contributed by atoms with Crippen molar-refractivity contribution < 1.29 is 19.1 Å². The molecule has 4 saturated carbocycles. The number of carbonyl (C=O) groups excluding carboxylic acids is 2. The Bertz CT molecular complexity index is 532. The van der Waals surface area contributed by atoms with Crippen molar-refractivity contribution in [2.24, 2.45) is 47.3 Å². The number of hydrogen-bond donors (Lipinski definition) is 0. The van der Waals surface area contributed by atoms with Gasteiger partial charge in [-0.05, 0) is 61.2 Å². The molecule has 0 aromatic rings. The van der Waals surface area contributed by atoms with Crippen molar-refractivity contribution in [2.75, 3.05) is 13.2 Å². The summed E-state index contributed by atoms with van der Waals surface area (Å²) in [7, 11) is 0. The summed E-state index contributed by atoms with van der Waals surface area (Å²) in [6.45, 7) is 1.07. The number of allylic oxidation sites excluding steroid dienone is 2. The van der Waals surface area contributed by atoms with Crippen molar-refractivity contribution in [1.82, 2.24) is 0 Å². The van der Waals surface area contributed by atoms with Gasteiger partial charge in [-0.2, -0.15) is 0 Å². The van der Waals surface area contributed by atoms with E-state index in [4.69, 9.17) is 9.47 Å². The number of esters is 2. The maximum Gasteiger partial charge on any atom is 0.306 e. The number of rotatable bonds is 0. The van der Waals surface area contributed by atoms with E-state index >= 15 is 0 Å². The van der Waals surface area contributed by atoms with E-state index in [-0.39, 0.29) is 11.9 Å². The molecular formula is C20H26O4. The van der Waals surface area contributed by atoms with Gasteiger partial charge in [-0.1, -0.05) is 12.2 Å². The Kier molecular flexibility index (Phi) is 3.50. The highest BCUT2D eigenvalue weighted by molar-refractivity contribution is 5.70. The lowest BCUT2D eigenvalue weighted by molar-refractivity contribution is -0.345. The molecule has 0 aromatic carbocycles. The first-order valence-corrected chi connectivity index (χ1v) is 9.72. The molecule has 0 spiro atoms. The summed E-state index contributed by atoms with van der Waals surface area (Å²) >= 11 is 0. The van der Waals surface area contributed by atoms with Crippen LogP contribution >= 0.6 is 0 Å². The van der Waals surface area contributed by atoms with Gasteiger partial charge in [-0.15, -0.1) is 0 Å². The van der Waals surface area contributed by atoms with Crippen LogP contribution in [0.25, 0.3) is 0 Å². The molecule has 4 nitrogen and oxygen atoms in total. The van der Waals surface area contributed by atoms with Crippen LogP contribution in [0.1, 0.15) is 38.5 Å². The second-order valence-corrected chi connectivity index (χ2v) is 8.46. The molecule has 1 aliphatic heterocycles. The van der Waals surface area contributed by atoms with Crippen LogP contribution in [0.3, 0.4) is 0 Å². The predicted octanol–water partition coefficient (Wildman–Crippen LogP) is 2.97. The minimum absolute atomic E-state index is 0.0816. The standard InChI is InChI=1S/C20H26O4/c21-15-5-3-1-2-4-6-16(22)24-10-14-13(9-23-15)19-17-11-7-8-12(11)18(17)20(14)19/h1-2,11-14,17-20H,3-10H2/b2-1-. The normalized spacial score (nSPS) is 51.2. The Morgan fingerprint density at radius 3 is 1.50 bits per heavy atom. The van der Waals surface area contributed by atoms with Gasteiger partial charge in [0.15, 0.2) is 0 Å². The number of ether oxygens (including phenoxy) is 2. The fourth-order valence-corrected chi connectivity index (χ4v) is 6.58. The van der Waals surface area contributed by atoms with E-state index < -0.39 is 0 Å². The van der Waals surface area contributed by atoms with E-state index in [0.717, 1.165) is 35.5 Å². The Balaban J connectivity index is 1.28. The summed E-state index contributed by atoms with van der Waals surface area (Å²) in [5, 5.41) is 0. The Morgan fingerprint density at radius 1 is 0.667 bits per heavy atom. The lowest BCUT2D eigenvalue weighted by Gasteiger charge is -2.80. The third-order valence-corrected chi connectivity index (χ3v) is 7.76. The minimum Gasteiger partial charge on any atom is -0.465 e. The molecule has 0 N–H and O–H groups in total. The molecule has 1 heterocycles. The number of fused-ring (bicyclic) bond motifs is 10. The van der Waals surface area contributed by atoms with Gasteiger partial charge >= 0.3 is 11.9 Å². The minimum atomic E-state index is -0.0816. The smallest absolute Gasteiger partial charge is 0.306 e. The highest BCUT2D eigenvalue weighted by atomic mass is 16.5. The third kappa shape index (κ3) is 2.04. The summed E-state index contributed by atoms with van der Waals surface area (Å²) in [5.74, 6) is 5.88. The van der Waals surface area contributed by atoms with Crippen molar-refractivity contribution in [1.29, 1.82) is 0 Å². The first-order valence-electron chi connectivity index (χ1n) is 9.72. The van der Waals surface area contributed by atoms with E-state index in [2.05, 4.69) is 0 Å². The van der Waals surface area contributed by atoms with Crippen LogP contribution in [0, 0.1) is 47.3 Å².